The lowest BCUT2D eigenvalue weighted by Crippen LogP contribution is -2.34. The largest absolute Gasteiger partial charge is 0.336 e. The molecule has 3 N–H and O–H groups in total. The third-order valence-corrected chi connectivity index (χ3v) is 6.17. The minimum absolute atomic E-state index is 0.0311. The van der Waals surface area contributed by atoms with Crippen molar-refractivity contribution in [1.82, 2.24) is 5.32 Å². The number of nitrogens with zero attached hydrogens (tertiary/aromatic N) is 1. The quantitative estimate of drug-likeness (QED) is 0.364. The maximum atomic E-state index is 13.1. The van der Waals surface area contributed by atoms with E-state index >= 15 is 0 Å². The first-order valence-corrected chi connectivity index (χ1v) is 12.2. The van der Waals surface area contributed by atoms with Gasteiger partial charge in [0.15, 0.2) is 0 Å². The van der Waals surface area contributed by atoms with Gasteiger partial charge in [0.25, 0.3) is 0 Å². The lowest BCUT2D eigenvalue weighted by atomic mass is 10.00. The summed E-state index contributed by atoms with van der Waals surface area (Å²) in [7, 11) is 0. The first-order valence-electron chi connectivity index (χ1n) is 11.4. The highest BCUT2D eigenvalue weighted by atomic mass is 35.5. The Bertz CT molecular complexity index is 1270. The number of hydrogen-bond donors (Lipinski definition) is 3. The fourth-order valence-corrected chi connectivity index (χ4v) is 4.28. The zero-order valence-corrected chi connectivity index (χ0v) is 21.0. The number of aliphatic imine (C=N–C) groups is 1. The molecule has 0 fully saturated rings. The highest BCUT2D eigenvalue weighted by molar-refractivity contribution is 6.32. The van der Waals surface area contributed by atoms with E-state index < -0.39 is 6.04 Å². The highest BCUT2D eigenvalue weighted by Gasteiger charge is 2.26. The van der Waals surface area contributed by atoms with Crippen LogP contribution in [-0.2, 0) is 11.2 Å². The van der Waals surface area contributed by atoms with Gasteiger partial charge in [-0.05, 0) is 68.7 Å². The SMILES string of the molecule is CC(C)NC(=O)Nc1ccc(C2=NC(CCc3ccccc3Cl)C(=O)Nc3ccc(Cl)cc32)cc1. The third-order valence-electron chi connectivity index (χ3n) is 5.56. The van der Waals surface area contributed by atoms with Crippen LogP contribution in [0, 0.1) is 0 Å². The van der Waals surface area contributed by atoms with Crippen molar-refractivity contribution in [1.29, 1.82) is 0 Å². The van der Waals surface area contributed by atoms with Crippen LogP contribution in [0.4, 0.5) is 16.2 Å². The molecule has 180 valence electrons. The topological polar surface area (TPSA) is 82.6 Å². The molecular weight excluding hydrogens is 483 g/mol. The fraction of sp³-hybridized carbons (Fsp3) is 0.222. The number of halogens is 2. The van der Waals surface area contributed by atoms with E-state index in [1.807, 2.05) is 50.2 Å². The van der Waals surface area contributed by atoms with Crippen LogP contribution in [0.15, 0.2) is 71.7 Å². The van der Waals surface area contributed by atoms with Gasteiger partial charge >= 0.3 is 6.03 Å². The molecule has 0 spiro atoms. The molecule has 0 aromatic heterocycles. The fourth-order valence-electron chi connectivity index (χ4n) is 3.88. The monoisotopic (exact) mass is 508 g/mol. The lowest BCUT2D eigenvalue weighted by Gasteiger charge is -2.13. The molecule has 8 heteroatoms. The standard InChI is InChI=1S/C27H26Cl2N4O2/c1-16(2)30-27(35)31-20-11-7-18(8-12-20)25-21-15-19(28)10-14-23(21)33-26(34)24(32-25)13-9-17-5-3-4-6-22(17)29/h3-8,10-12,14-16,24H,9,13H2,1-2H3,(H,33,34)(H2,30,31,35). The van der Waals surface area contributed by atoms with Crippen molar-refractivity contribution in [2.45, 2.75) is 38.8 Å². The normalized spacial score (nSPS) is 15.1. The Kier molecular flexibility index (Phi) is 7.73. The second kappa shape index (κ2) is 10.9. The van der Waals surface area contributed by atoms with Gasteiger partial charge in [0.05, 0.1) is 11.4 Å². The van der Waals surface area contributed by atoms with Crippen LogP contribution < -0.4 is 16.0 Å². The number of carbonyl (C=O) groups is 2. The van der Waals surface area contributed by atoms with Crippen LogP contribution >= 0.6 is 23.2 Å². The van der Waals surface area contributed by atoms with E-state index in [-0.39, 0.29) is 18.0 Å². The molecular formula is C27H26Cl2N4O2. The average Bonchev–Trinajstić information content (AvgIpc) is 2.94. The smallest absolute Gasteiger partial charge is 0.319 e. The van der Waals surface area contributed by atoms with Gasteiger partial charge in [0.1, 0.15) is 6.04 Å². The first-order chi connectivity index (χ1) is 16.8. The number of hydrogen-bond acceptors (Lipinski definition) is 3. The predicted octanol–water partition coefficient (Wildman–Crippen LogP) is 6.31. The summed E-state index contributed by atoms with van der Waals surface area (Å²) in [5.41, 5.74) is 4.47. The van der Waals surface area contributed by atoms with Crippen LogP contribution in [0.2, 0.25) is 10.0 Å². The molecule has 3 amide bonds. The van der Waals surface area contributed by atoms with Crippen molar-refractivity contribution in [2.24, 2.45) is 4.99 Å². The van der Waals surface area contributed by atoms with Crippen molar-refractivity contribution in [3.63, 3.8) is 0 Å². The highest BCUT2D eigenvalue weighted by Crippen LogP contribution is 2.29. The Morgan fingerprint density at radius 1 is 1.06 bits per heavy atom. The number of rotatable bonds is 6. The van der Waals surface area contributed by atoms with Crippen LogP contribution in [-0.4, -0.2) is 29.7 Å². The van der Waals surface area contributed by atoms with Gasteiger partial charge in [-0.3, -0.25) is 9.79 Å². The number of benzene rings is 3. The second-order valence-electron chi connectivity index (χ2n) is 8.63. The molecule has 35 heavy (non-hydrogen) atoms. The van der Waals surface area contributed by atoms with Crippen LogP contribution in [0.5, 0.6) is 0 Å². The summed E-state index contributed by atoms with van der Waals surface area (Å²) in [6.07, 6.45) is 1.11. The number of fused-ring (bicyclic) bond motifs is 1. The number of benzodiazepines with no additional fused rings is 1. The average molecular weight is 509 g/mol. The molecule has 4 rings (SSSR count). The Morgan fingerprint density at radius 2 is 1.80 bits per heavy atom. The van der Waals surface area contributed by atoms with E-state index in [9.17, 15) is 9.59 Å². The number of carbonyl (C=O) groups excluding carboxylic acids is 2. The minimum atomic E-state index is -0.609. The van der Waals surface area contributed by atoms with E-state index in [0.717, 1.165) is 16.7 Å². The first kappa shape index (κ1) is 24.8. The van der Waals surface area contributed by atoms with Gasteiger partial charge in [-0.1, -0.05) is 53.5 Å². The van der Waals surface area contributed by atoms with Gasteiger partial charge in [0.2, 0.25) is 5.91 Å². The predicted molar refractivity (Wildman–Crippen MR) is 143 cm³/mol. The number of urea groups is 1. The van der Waals surface area contributed by atoms with Gasteiger partial charge < -0.3 is 16.0 Å². The van der Waals surface area contributed by atoms with E-state index in [0.29, 0.717) is 40.0 Å². The zero-order chi connectivity index (χ0) is 24.9. The second-order valence-corrected chi connectivity index (χ2v) is 9.48. The van der Waals surface area contributed by atoms with Gasteiger partial charge in [-0.2, -0.15) is 0 Å². The molecule has 6 nitrogen and oxygen atoms in total. The third kappa shape index (κ3) is 6.21. The Hall–Kier alpha value is -3.35. The van der Waals surface area contributed by atoms with Crippen LogP contribution in [0.25, 0.3) is 0 Å². The molecule has 0 aliphatic carbocycles. The molecule has 0 saturated heterocycles. The molecule has 0 bridgehead atoms. The van der Waals surface area contributed by atoms with E-state index in [4.69, 9.17) is 28.2 Å². The van der Waals surface area contributed by atoms with Crippen LogP contribution in [0.3, 0.4) is 0 Å². The summed E-state index contributed by atoms with van der Waals surface area (Å²) in [6.45, 7) is 3.79. The number of anilines is 2. The number of aryl methyl sites for hydroxylation is 1. The van der Waals surface area contributed by atoms with Crippen molar-refractivity contribution in [2.75, 3.05) is 10.6 Å². The minimum Gasteiger partial charge on any atom is -0.336 e. The molecule has 0 saturated carbocycles. The molecule has 3 aromatic rings. The van der Waals surface area contributed by atoms with E-state index in [2.05, 4.69) is 16.0 Å². The lowest BCUT2D eigenvalue weighted by molar-refractivity contribution is -0.117. The molecule has 0 radical (unpaired) electrons. The van der Waals surface area contributed by atoms with E-state index in [1.54, 1.807) is 30.3 Å². The molecule has 1 unspecified atom stereocenters. The molecule has 1 atom stereocenters. The molecule has 3 aromatic carbocycles. The Labute approximate surface area is 214 Å². The van der Waals surface area contributed by atoms with E-state index in [1.165, 1.54) is 0 Å². The summed E-state index contributed by atoms with van der Waals surface area (Å²) >= 11 is 12.6. The van der Waals surface area contributed by atoms with Crippen LogP contribution in [0.1, 0.15) is 37.0 Å². The summed E-state index contributed by atoms with van der Waals surface area (Å²) < 4.78 is 0. The molecule has 1 aliphatic heterocycles. The van der Waals surface area contributed by atoms with Crippen molar-refractivity contribution in [3.8, 4) is 0 Å². The maximum Gasteiger partial charge on any atom is 0.319 e. The van der Waals surface area contributed by atoms with Gasteiger partial charge in [0, 0.05) is 32.9 Å². The summed E-state index contributed by atoms with van der Waals surface area (Å²) in [4.78, 5) is 30.0. The number of amides is 3. The summed E-state index contributed by atoms with van der Waals surface area (Å²) in [5, 5.41) is 9.82. The summed E-state index contributed by atoms with van der Waals surface area (Å²) in [6, 6.07) is 19.4. The molecule has 1 heterocycles. The van der Waals surface area contributed by atoms with Crippen molar-refractivity contribution >= 4 is 52.2 Å². The summed E-state index contributed by atoms with van der Waals surface area (Å²) in [5.74, 6) is -0.181. The molecule has 1 aliphatic rings. The van der Waals surface area contributed by atoms with Crippen molar-refractivity contribution < 1.29 is 9.59 Å². The van der Waals surface area contributed by atoms with Gasteiger partial charge in [-0.15, -0.1) is 0 Å². The van der Waals surface area contributed by atoms with Crippen molar-refractivity contribution in [3.05, 3.63) is 93.5 Å². The Morgan fingerprint density at radius 3 is 2.51 bits per heavy atom. The number of nitrogens with one attached hydrogen (secondary N) is 3. The Balaban J connectivity index is 1.65. The zero-order valence-electron chi connectivity index (χ0n) is 19.4. The maximum absolute atomic E-state index is 13.1. The van der Waals surface area contributed by atoms with Gasteiger partial charge in [-0.25, -0.2) is 4.79 Å².